The third-order valence-corrected chi connectivity index (χ3v) is 4.73. The van der Waals surface area contributed by atoms with Gasteiger partial charge in [-0.1, -0.05) is 26.7 Å². The number of Topliss-reactive ketones (excluding diaryl/α,β-unsaturated/α-hetero) is 1. The zero-order valence-electron chi connectivity index (χ0n) is 19.7. The summed E-state index contributed by atoms with van der Waals surface area (Å²) < 4.78 is 12.2. The molecular formula is C22H35N3O7. The molecule has 0 fully saturated rings. The van der Waals surface area contributed by atoms with Crippen LogP contribution < -0.4 is 5.32 Å². The van der Waals surface area contributed by atoms with Gasteiger partial charge in [0.2, 0.25) is 5.78 Å². The molecule has 32 heavy (non-hydrogen) atoms. The van der Waals surface area contributed by atoms with Crippen LogP contribution in [0.15, 0.2) is 12.4 Å². The highest BCUT2D eigenvalue weighted by Crippen LogP contribution is 2.20. The topological polar surface area (TPSA) is 137 Å². The highest BCUT2D eigenvalue weighted by Gasteiger charge is 2.33. The SMILES string of the molecule is CCCC[C@H](C)[C@H](CC(=O)O)OC(=O)[C@H](CC(=O)c1nccn1C)NC(=O)OC(C)(C)C. The van der Waals surface area contributed by atoms with Gasteiger partial charge in [0.1, 0.15) is 17.7 Å². The number of ketones is 1. The molecule has 0 aliphatic carbocycles. The van der Waals surface area contributed by atoms with E-state index in [2.05, 4.69) is 10.3 Å². The molecule has 0 aliphatic rings. The van der Waals surface area contributed by atoms with Gasteiger partial charge in [-0.15, -0.1) is 0 Å². The van der Waals surface area contributed by atoms with Crippen molar-refractivity contribution >= 4 is 23.8 Å². The predicted molar refractivity (Wildman–Crippen MR) is 116 cm³/mol. The van der Waals surface area contributed by atoms with Gasteiger partial charge in [0.15, 0.2) is 5.82 Å². The van der Waals surface area contributed by atoms with Crippen molar-refractivity contribution in [3.63, 3.8) is 0 Å². The van der Waals surface area contributed by atoms with Gasteiger partial charge in [0, 0.05) is 25.9 Å². The van der Waals surface area contributed by atoms with Crippen molar-refractivity contribution in [1.29, 1.82) is 0 Å². The molecule has 0 bridgehead atoms. The van der Waals surface area contributed by atoms with E-state index in [-0.39, 0.29) is 18.2 Å². The second-order valence-corrected chi connectivity index (χ2v) is 8.88. The Kier molecular flexibility index (Phi) is 10.3. The third-order valence-electron chi connectivity index (χ3n) is 4.73. The molecule has 0 saturated carbocycles. The van der Waals surface area contributed by atoms with E-state index in [1.165, 1.54) is 10.8 Å². The number of nitrogens with zero attached hydrogens (tertiary/aromatic N) is 2. The van der Waals surface area contributed by atoms with Gasteiger partial charge in [0.25, 0.3) is 0 Å². The van der Waals surface area contributed by atoms with Crippen LogP contribution in [0.2, 0.25) is 0 Å². The number of unbranched alkanes of at least 4 members (excludes halogenated alkanes) is 1. The lowest BCUT2D eigenvalue weighted by atomic mass is 9.95. The van der Waals surface area contributed by atoms with Crippen molar-refractivity contribution < 1.29 is 33.8 Å². The molecule has 0 spiro atoms. The summed E-state index contributed by atoms with van der Waals surface area (Å²) in [7, 11) is 1.63. The third kappa shape index (κ3) is 9.49. The number of hydrogen-bond acceptors (Lipinski definition) is 7. The lowest BCUT2D eigenvalue weighted by Crippen LogP contribution is -2.47. The zero-order chi connectivity index (χ0) is 24.5. The number of hydrogen-bond donors (Lipinski definition) is 2. The number of carbonyl (C=O) groups excluding carboxylic acids is 3. The first-order valence-corrected chi connectivity index (χ1v) is 10.8. The molecule has 0 aromatic carbocycles. The Bertz CT molecular complexity index is 798. The van der Waals surface area contributed by atoms with Crippen LogP contribution in [0.1, 0.15) is 77.3 Å². The first-order chi connectivity index (χ1) is 14.8. The van der Waals surface area contributed by atoms with E-state index in [0.717, 1.165) is 12.8 Å². The van der Waals surface area contributed by atoms with E-state index in [4.69, 9.17) is 9.47 Å². The average molecular weight is 454 g/mol. The fourth-order valence-electron chi connectivity index (χ4n) is 3.03. The Balaban J connectivity index is 3.04. The summed E-state index contributed by atoms with van der Waals surface area (Å²) in [5.74, 6) is -2.57. The quantitative estimate of drug-likeness (QED) is 0.364. The van der Waals surface area contributed by atoms with Gasteiger partial charge < -0.3 is 24.5 Å². The molecule has 0 saturated heterocycles. The number of ether oxygens (including phenoxy) is 2. The fourth-order valence-corrected chi connectivity index (χ4v) is 3.03. The van der Waals surface area contributed by atoms with E-state index in [9.17, 15) is 24.3 Å². The van der Waals surface area contributed by atoms with Crippen LogP contribution in [0.4, 0.5) is 4.79 Å². The molecule has 1 aromatic heterocycles. The monoisotopic (exact) mass is 453 g/mol. The van der Waals surface area contributed by atoms with Crippen molar-refractivity contribution in [3.05, 3.63) is 18.2 Å². The number of esters is 1. The van der Waals surface area contributed by atoms with E-state index >= 15 is 0 Å². The van der Waals surface area contributed by atoms with Crippen LogP contribution in [0, 0.1) is 5.92 Å². The van der Waals surface area contributed by atoms with Gasteiger partial charge >= 0.3 is 18.0 Å². The minimum absolute atomic E-state index is 0.118. The lowest BCUT2D eigenvalue weighted by molar-refractivity contribution is -0.158. The molecule has 0 aliphatic heterocycles. The lowest BCUT2D eigenvalue weighted by Gasteiger charge is -2.26. The number of alkyl carbamates (subject to hydrolysis) is 1. The van der Waals surface area contributed by atoms with Gasteiger partial charge in [-0.05, 0) is 33.1 Å². The highest BCUT2D eigenvalue weighted by atomic mass is 16.6. The van der Waals surface area contributed by atoms with Crippen molar-refractivity contribution in [1.82, 2.24) is 14.9 Å². The number of carbonyl (C=O) groups is 4. The minimum atomic E-state index is -1.36. The van der Waals surface area contributed by atoms with E-state index in [1.807, 2.05) is 13.8 Å². The smallest absolute Gasteiger partial charge is 0.408 e. The van der Waals surface area contributed by atoms with Crippen molar-refractivity contribution in [2.24, 2.45) is 13.0 Å². The normalized spacial score (nSPS) is 14.2. The van der Waals surface area contributed by atoms with Crippen molar-refractivity contribution in [3.8, 4) is 0 Å². The van der Waals surface area contributed by atoms with Gasteiger partial charge in [-0.3, -0.25) is 9.59 Å². The summed E-state index contributed by atoms with van der Waals surface area (Å²) in [6.45, 7) is 8.81. The molecule has 2 N–H and O–H groups in total. The number of aryl methyl sites for hydroxylation is 1. The van der Waals surface area contributed by atoms with E-state index in [0.29, 0.717) is 6.42 Å². The van der Waals surface area contributed by atoms with E-state index < -0.39 is 48.0 Å². The molecule has 0 radical (unpaired) electrons. The molecule has 10 nitrogen and oxygen atoms in total. The second-order valence-electron chi connectivity index (χ2n) is 8.88. The number of nitrogens with one attached hydrogen (secondary N) is 1. The maximum Gasteiger partial charge on any atom is 0.408 e. The van der Waals surface area contributed by atoms with Crippen LogP contribution in [-0.4, -0.2) is 56.2 Å². The maximum absolute atomic E-state index is 12.9. The summed E-state index contributed by atoms with van der Waals surface area (Å²) >= 11 is 0. The second kappa shape index (κ2) is 12.2. The summed E-state index contributed by atoms with van der Waals surface area (Å²) in [5, 5.41) is 11.6. The largest absolute Gasteiger partial charge is 0.481 e. The molecule has 1 heterocycles. The zero-order valence-corrected chi connectivity index (χ0v) is 19.7. The number of rotatable bonds is 12. The molecule has 1 aromatic rings. The number of carboxylic acid groups (broad SMARTS) is 1. The Labute approximate surface area is 188 Å². The Morgan fingerprint density at radius 1 is 1.22 bits per heavy atom. The van der Waals surface area contributed by atoms with Crippen molar-refractivity contribution in [2.75, 3.05) is 0 Å². The number of imidazole rings is 1. The molecule has 0 unspecified atom stereocenters. The molecular weight excluding hydrogens is 418 g/mol. The van der Waals surface area contributed by atoms with Crippen LogP contribution in [-0.2, 0) is 26.1 Å². The first kappa shape index (κ1) is 27.1. The Morgan fingerprint density at radius 2 is 1.88 bits per heavy atom. The highest BCUT2D eigenvalue weighted by molar-refractivity contribution is 5.97. The Morgan fingerprint density at radius 3 is 2.38 bits per heavy atom. The van der Waals surface area contributed by atoms with Crippen LogP contribution in [0.3, 0.4) is 0 Å². The number of carboxylic acids is 1. The molecule has 1 rings (SSSR count). The molecule has 10 heteroatoms. The summed E-state index contributed by atoms with van der Waals surface area (Å²) in [5.41, 5.74) is -0.817. The molecule has 1 amide bonds. The summed E-state index contributed by atoms with van der Waals surface area (Å²) in [6, 6.07) is -1.36. The van der Waals surface area contributed by atoms with Crippen molar-refractivity contribution in [2.45, 2.75) is 84.5 Å². The number of aromatic nitrogens is 2. The molecule has 3 atom stereocenters. The van der Waals surface area contributed by atoms with Crippen LogP contribution in [0.25, 0.3) is 0 Å². The maximum atomic E-state index is 12.9. The predicted octanol–water partition coefficient (Wildman–Crippen LogP) is 3.10. The van der Waals surface area contributed by atoms with Gasteiger partial charge in [-0.25, -0.2) is 14.6 Å². The van der Waals surface area contributed by atoms with Crippen LogP contribution >= 0.6 is 0 Å². The number of amides is 1. The molecule has 180 valence electrons. The summed E-state index contributed by atoms with van der Waals surface area (Å²) in [4.78, 5) is 53.2. The fraction of sp³-hybridized carbons (Fsp3) is 0.682. The minimum Gasteiger partial charge on any atom is -0.481 e. The van der Waals surface area contributed by atoms with E-state index in [1.54, 1.807) is 34.0 Å². The van der Waals surface area contributed by atoms with Gasteiger partial charge in [0.05, 0.1) is 6.42 Å². The Hall–Kier alpha value is -2.91. The standard InChI is InChI=1S/C22H35N3O7/c1-7-8-9-14(2)17(13-18(27)28)31-20(29)15(24-21(30)32-22(3,4)5)12-16(26)19-23-10-11-25(19)6/h10-11,14-15,17H,7-9,12-13H2,1-6H3,(H,24,30)(H,27,28)/t14-,15-,17-/m0/s1. The number of aliphatic carboxylic acids is 1. The van der Waals surface area contributed by atoms with Crippen LogP contribution in [0.5, 0.6) is 0 Å². The van der Waals surface area contributed by atoms with Gasteiger partial charge in [-0.2, -0.15) is 0 Å². The first-order valence-electron chi connectivity index (χ1n) is 10.8. The summed E-state index contributed by atoms with van der Waals surface area (Å²) in [6.07, 6.45) is 2.91. The average Bonchev–Trinajstić information content (AvgIpc) is 3.09.